The summed E-state index contributed by atoms with van der Waals surface area (Å²) < 4.78 is 15.9. The van der Waals surface area contributed by atoms with E-state index in [1.807, 2.05) is 29.2 Å². The molecule has 0 radical (unpaired) electrons. The van der Waals surface area contributed by atoms with Crippen LogP contribution in [0.25, 0.3) is 0 Å². The molecule has 10 heteroatoms. The van der Waals surface area contributed by atoms with E-state index in [2.05, 4.69) is 15.5 Å². The van der Waals surface area contributed by atoms with Crippen molar-refractivity contribution in [2.75, 3.05) is 57.7 Å². The molecule has 2 N–H and O–H groups in total. The van der Waals surface area contributed by atoms with E-state index < -0.39 is 5.91 Å². The normalized spacial score (nSPS) is 13.2. The van der Waals surface area contributed by atoms with Crippen LogP contribution in [-0.4, -0.2) is 69.3 Å². The van der Waals surface area contributed by atoms with Crippen molar-refractivity contribution in [1.29, 1.82) is 0 Å². The molecule has 3 rings (SSSR count). The molecule has 0 atom stereocenters. The van der Waals surface area contributed by atoms with Gasteiger partial charge in [0.05, 0.1) is 21.3 Å². The molecule has 2 aromatic rings. The van der Waals surface area contributed by atoms with Crippen molar-refractivity contribution in [1.82, 2.24) is 10.2 Å². The lowest BCUT2D eigenvalue weighted by molar-refractivity contribution is -0.129. The van der Waals surface area contributed by atoms with Gasteiger partial charge in [-0.1, -0.05) is 0 Å². The minimum atomic E-state index is -0.410. The van der Waals surface area contributed by atoms with E-state index in [9.17, 15) is 9.59 Å². The first-order valence-electron chi connectivity index (χ1n) is 10.4. The first-order valence-corrected chi connectivity index (χ1v) is 10.8. The minimum absolute atomic E-state index is 0.108. The van der Waals surface area contributed by atoms with Crippen LogP contribution in [0.15, 0.2) is 36.4 Å². The maximum absolute atomic E-state index is 12.7. The van der Waals surface area contributed by atoms with Crippen molar-refractivity contribution in [3.05, 3.63) is 42.0 Å². The first-order chi connectivity index (χ1) is 15.9. The van der Waals surface area contributed by atoms with Crippen LogP contribution in [0, 0.1) is 0 Å². The quantitative estimate of drug-likeness (QED) is 0.620. The number of benzene rings is 2. The van der Waals surface area contributed by atoms with Crippen LogP contribution in [-0.2, 0) is 4.79 Å². The largest absolute Gasteiger partial charge is 0.493 e. The number of ether oxygens (including phenoxy) is 3. The fraction of sp³-hybridized carbons (Fsp3) is 0.348. The minimum Gasteiger partial charge on any atom is -0.493 e. The Morgan fingerprint density at radius 3 is 1.97 bits per heavy atom. The SMILES string of the molecule is COc1cc(C(=O)NC(=S)Nc2ccc(N3CCN(C(C)=O)CC3)cc2)cc(OC)c1OC. The Balaban J connectivity index is 1.60. The van der Waals surface area contributed by atoms with Crippen molar-refractivity contribution in [2.24, 2.45) is 0 Å². The highest BCUT2D eigenvalue weighted by molar-refractivity contribution is 7.80. The summed E-state index contributed by atoms with van der Waals surface area (Å²) in [6.45, 7) is 4.60. The molecule has 176 valence electrons. The average Bonchev–Trinajstić information content (AvgIpc) is 2.83. The molecular weight excluding hydrogens is 444 g/mol. The average molecular weight is 473 g/mol. The molecule has 1 aliphatic rings. The molecule has 0 unspecified atom stereocenters. The summed E-state index contributed by atoms with van der Waals surface area (Å²) in [4.78, 5) is 28.3. The molecule has 1 heterocycles. The van der Waals surface area contributed by atoms with E-state index in [0.717, 1.165) is 24.5 Å². The van der Waals surface area contributed by atoms with E-state index in [0.29, 0.717) is 35.9 Å². The van der Waals surface area contributed by atoms with Gasteiger partial charge in [0.25, 0.3) is 5.91 Å². The van der Waals surface area contributed by atoms with Crippen molar-refractivity contribution in [2.45, 2.75) is 6.92 Å². The molecule has 2 aromatic carbocycles. The summed E-state index contributed by atoms with van der Waals surface area (Å²) in [5.41, 5.74) is 2.13. The van der Waals surface area contributed by atoms with Crippen LogP contribution < -0.4 is 29.7 Å². The van der Waals surface area contributed by atoms with Gasteiger partial charge in [0, 0.05) is 50.0 Å². The molecule has 0 bridgehead atoms. The molecule has 9 nitrogen and oxygen atoms in total. The standard InChI is InChI=1S/C23H28N4O5S/c1-15(28)26-9-11-27(12-10-26)18-7-5-17(6-8-18)24-23(33)25-22(29)16-13-19(30-2)21(32-4)20(14-16)31-3/h5-8,13-14H,9-12H2,1-4H3,(H2,24,25,29,33). The molecular formula is C23H28N4O5S. The molecule has 0 saturated carbocycles. The van der Waals surface area contributed by atoms with E-state index >= 15 is 0 Å². The van der Waals surface area contributed by atoms with Gasteiger partial charge < -0.3 is 29.3 Å². The Hall–Kier alpha value is -3.53. The van der Waals surface area contributed by atoms with E-state index in [4.69, 9.17) is 26.4 Å². The number of nitrogens with one attached hydrogen (secondary N) is 2. The van der Waals surface area contributed by atoms with E-state index in [-0.39, 0.29) is 11.0 Å². The molecule has 2 amide bonds. The van der Waals surface area contributed by atoms with Crippen LogP contribution in [0.3, 0.4) is 0 Å². The van der Waals surface area contributed by atoms with Crippen molar-refractivity contribution >= 4 is 40.5 Å². The Morgan fingerprint density at radius 1 is 0.909 bits per heavy atom. The van der Waals surface area contributed by atoms with Crippen LogP contribution >= 0.6 is 12.2 Å². The predicted octanol–water partition coefficient (Wildman–Crippen LogP) is 2.51. The van der Waals surface area contributed by atoms with Gasteiger partial charge in [0.1, 0.15) is 0 Å². The smallest absolute Gasteiger partial charge is 0.257 e. The van der Waals surface area contributed by atoms with E-state index in [1.54, 1.807) is 19.1 Å². The summed E-state index contributed by atoms with van der Waals surface area (Å²) in [6.07, 6.45) is 0. The third-order valence-corrected chi connectivity index (χ3v) is 5.57. The topological polar surface area (TPSA) is 92.4 Å². The predicted molar refractivity (Wildman–Crippen MR) is 131 cm³/mol. The number of hydrogen-bond donors (Lipinski definition) is 2. The number of thiocarbonyl (C=S) groups is 1. The van der Waals surface area contributed by atoms with Crippen LogP contribution in [0.2, 0.25) is 0 Å². The number of anilines is 2. The van der Waals surface area contributed by atoms with Crippen LogP contribution in [0.1, 0.15) is 17.3 Å². The molecule has 1 fully saturated rings. The zero-order chi connectivity index (χ0) is 24.0. The lowest BCUT2D eigenvalue weighted by Gasteiger charge is -2.35. The van der Waals surface area contributed by atoms with Crippen LogP contribution in [0.4, 0.5) is 11.4 Å². The lowest BCUT2D eigenvalue weighted by atomic mass is 10.1. The molecule has 1 aliphatic heterocycles. The molecule has 1 saturated heterocycles. The molecule has 33 heavy (non-hydrogen) atoms. The number of nitrogens with zero attached hydrogens (tertiary/aromatic N) is 2. The summed E-state index contributed by atoms with van der Waals surface area (Å²) in [5.74, 6) is 0.851. The highest BCUT2D eigenvalue weighted by atomic mass is 32.1. The van der Waals surface area contributed by atoms with Crippen molar-refractivity contribution < 1.29 is 23.8 Å². The number of carbonyl (C=O) groups excluding carboxylic acids is 2. The number of methoxy groups -OCH3 is 3. The number of carbonyl (C=O) groups is 2. The lowest BCUT2D eigenvalue weighted by Crippen LogP contribution is -2.48. The van der Waals surface area contributed by atoms with Gasteiger partial charge in [0.15, 0.2) is 16.6 Å². The second-order valence-electron chi connectivity index (χ2n) is 7.36. The van der Waals surface area contributed by atoms with Gasteiger partial charge in [0.2, 0.25) is 11.7 Å². The van der Waals surface area contributed by atoms with E-state index in [1.165, 1.54) is 21.3 Å². The van der Waals surface area contributed by atoms with Gasteiger partial charge in [-0.15, -0.1) is 0 Å². The monoisotopic (exact) mass is 472 g/mol. The maximum Gasteiger partial charge on any atom is 0.257 e. The first kappa shape index (κ1) is 24.1. The summed E-state index contributed by atoms with van der Waals surface area (Å²) in [7, 11) is 4.46. The summed E-state index contributed by atoms with van der Waals surface area (Å²) in [5, 5.41) is 5.84. The van der Waals surface area contributed by atoms with Gasteiger partial charge in [-0.05, 0) is 48.6 Å². The number of piperazine rings is 1. The van der Waals surface area contributed by atoms with Crippen molar-refractivity contribution in [3.63, 3.8) is 0 Å². The Bertz CT molecular complexity index is 995. The number of amides is 2. The Kier molecular flexibility index (Phi) is 7.94. The zero-order valence-corrected chi connectivity index (χ0v) is 20.0. The summed E-state index contributed by atoms with van der Waals surface area (Å²) in [6, 6.07) is 10.9. The molecule has 0 aromatic heterocycles. The fourth-order valence-corrected chi connectivity index (χ4v) is 3.80. The van der Waals surface area contributed by atoms with Crippen LogP contribution in [0.5, 0.6) is 17.2 Å². The number of rotatable bonds is 6. The van der Waals surface area contributed by atoms with Crippen molar-refractivity contribution in [3.8, 4) is 17.2 Å². The Morgan fingerprint density at radius 2 is 1.48 bits per heavy atom. The third-order valence-electron chi connectivity index (χ3n) is 5.37. The zero-order valence-electron chi connectivity index (χ0n) is 19.1. The molecule has 0 spiro atoms. The van der Waals surface area contributed by atoms with Gasteiger partial charge >= 0.3 is 0 Å². The van der Waals surface area contributed by atoms with Gasteiger partial charge in [-0.2, -0.15) is 0 Å². The highest BCUT2D eigenvalue weighted by Crippen LogP contribution is 2.38. The van der Waals surface area contributed by atoms with Gasteiger partial charge in [-0.3, -0.25) is 14.9 Å². The molecule has 0 aliphatic carbocycles. The second-order valence-corrected chi connectivity index (χ2v) is 7.77. The maximum atomic E-state index is 12.7. The Labute approximate surface area is 198 Å². The van der Waals surface area contributed by atoms with Gasteiger partial charge in [-0.25, -0.2) is 0 Å². The third kappa shape index (κ3) is 5.83. The highest BCUT2D eigenvalue weighted by Gasteiger charge is 2.19. The number of hydrogen-bond acceptors (Lipinski definition) is 7. The second kappa shape index (κ2) is 10.9. The summed E-state index contributed by atoms with van der Waals surface area (Å²) >= 11 is 5.30. The fourth-order valence-electron chi connectivity index (χ4n) is 3.58.